The standard InChI is InChI=1S/C17H16N2O5S/c20-12-13-10-17(14-4-2-1-3-5-14)18(11-13)25(23,24)16-8-6-15(7-9-16)19(21)22/h1-9,12-13,17H,10-11H2/t13-,17-/m1/s1. The number of carbonyl (C=O) groups excluding carboxylic acids is 1. The molecule has 1 heterocycles. The van der Waals surface area contributed by atoms with Gasteiger partial charge in [0, 0.05) is 24.6 Å². The Kier molecular flexibility index (Phi) is 4.65. The second kappa shape index (κ2) is 6.73. The largest absolute Gasteiger partial charge is 0.303 e. The summed E-state index contributed by atoms with van der Waals surface area (Å²) in [6, 6.07) is 13.5. The average molecular weight is 360 g/mol. The minimum atomic E-state index is -3.87. The molecule has 1 fully saturated rings. The number of benzene rings is 2. The van der Waals surface area contributed by atoms with Crippen molar-refractivity contribution in [1.29, 1.82) is 0 Å². The smallest absolute Gasteiger partial charge is 0.269 e. The number of nitrogens with zero attached hydrogens (tertiary/aromatic N) is 2. The third kappa shape index (κ3) is 3.31. The second-order valence-electron chi connectivity index (χ2n) is 5.88. The Hall–Kier alpha value is -2.58. The van der Waals surface area contributed by atoms with E-state index in [-0.39, 0.29) is 23.0 Å². The molecular weight excluding hydrogens is 344 g/mol. The van der Waals surface area contributed by atoms with E-state index in [0.29, 0.717) is 6.42 Å². The highest BCUT2D eigenvalue weighted by atomic mass is 32.2. The highest BCUT2D eigenvalue weighted by Crippen LogP contribution is 2.38. The maximum Gasteiger partial charge on any atom is 0.269 e. The van der Waals surface area contributed by atoms with Crippen LogP contribution >= 0.6 is 0 Å². The first kappa shape index (κ1) is 17.2. The van der Waals surface area contributed by atoms with Crippen LogP contribution in [0.1, 0.15) is 18.0 Å². The maximum absolute atomic E-state index is 13.0. The Bertz CT molecular complexity index is 881. The van der Waals surface area contributed by atoms with Crippen LogP contribution in [-0.4, -0.2) is 30.5 Å². The molecule has 1 aliphatic heterocycles. The van der Waals surface area contributed by atoms with Crippen LogP contribution in [0, 0.1) is 16.0 Å². The molecule has 7 nitrogen and oxygen atoms in total. The van der Waals surface area contributed by atoms with E-state index in [1.165, 1.54) is 16.4 Å². The van der Waals surface area contributed by atoms with E-state index in [2.05, 4.69) is 0 Å². The minimum Gasteiger partial charge on any atom is -0.303 e. The zero-order valence-electron chi connectivity index (χ0n) is 13.2. The molecule has 0 aromatic heterocycles. The number of nitro groups is 1. The molecular formula is C17H16N2O5S. The molecule has 2 aromatic rings. The van der Waals surface area contributed by atoms with Crippen LogP contribution in [0.3, 0.4) is 0 Å². The van der Waals surface area contributed by atoms with E-state index in [1.807, 2.05) is 30.3 Å². The van der Waals surface area contributed by atoms with Crippen molar-refractivity contribution in [2.45, 2.75) is 17.4 Å². The number of aldehydes is 1. The van der Waals surface area contributed by atoms with Crippen molar-refractivity contribution in [3.05, 3.63) is 70.3 Å². The van der Waals surface area contributed by atoms with E-state index >= 15 is 0 Å². The highest BCUT2D eigenvalue weighted by Gasteiger charge is 2.40. The van der Waals surface area contributed by atoms with Gasteiger partial charge in [0.15, 0.2) is 0 Å². The second-order valence-corrected chi connectivity index (χ2v) is 7.77. The lowest BCUT2D eigenvalue weighted by Gasteiger charge is -2.24. The molecule has 25 heavy (non-hydrogen) atoms. The van der Waals surface area contributed by atoms with Gasteiger partial charge in [-0.2, -0.15) is 4.31 Å². The molecule has 3 rings (SSSR count). The SMILES string of the molecule is O=C[C@@H]1C[C@H](c2ccccc2)N(S(=O)(=O)c2ccc([N+](=O)[O-])cc2)C1. The third-order valence-corrected chi connectivity index (χ3v) is 6.21. The van der Waals surface area contributed by atoms with E-state index in [0.717, 1.165) is 24.0 Å². The highest BCUT2D eigenvalue weighted by molar-refractivity contribution is 7.89. The van der Waals surface area contributed by atoms with E-state index in [1.54, 1.807) is 0 Å². The van der Waals surface area contributed by atoms with Crippen molar-refractivity contribution < 1.29 is 18.1 Å². The Morgan fingerprint density at radius 3 is 2.28 bits per heavy atom. The third-order valence-electron chi connectivity index (χ3n) is 4.32. The molecule has 0 N–H and O–H groups in total. The van der Waals surface area contributed by atoms with Gasteiger partial charge in [-0.15, -0.1) is 0 Å². The summed E-state index contributed by atoms with van der Waals surface area (Å²) in [4.78, 5) is 21.4. The summed E-state index contributed by atoms with van der Waals surface area (Å²) >= 11 is 0. The summed E-state index contributed by atoms with van der Waals surface area (Å²) in [6.07, 6.45) is 1.20. The van der Waals surface area contributed by atoms with Crippen LogP contribution in [0.2, 0.25) is 0 Å². The van der Waals surface area contributed by atoms with Crippen LogP contribution in [-0.2, 0) is 14.8 Å². The zero-order valence-corrected chi connectivity index (χ0v) is 14.0. The molecule has 0 spiro atoms. The number of carbonyl (C=O) groups is 1. The number of sulfonamides is 1. The van der Waals surface area contributed by atoms with Crippen LogP contribution in [0.25, 0.3) is 0 Å². The van der Waals surface area contributed by atoms with Gasteiger partial charge >= 0.3 is 0 Å². The Morgan fingerprint density at radius 1 is 1.08 bits per heavy atom. The summed E-state index contributed by atoms with van der Waals surface area (Å²) in [5.41, 5.74) is 0.642. The van der Waals surface area contributed by atoms with Crippen molar-refractivity contribution in [2.24, 2.45) is 5.92 Å². The molecule has 130 valence electrons. The summed E-state index contributed by atoms with van der Waals surface area (Å²) in [7, 11) is -3.87. The molecule has 1 aliphatic rings. The van der Waals surface area contributed by atoms with Crippen LogP contribution in [0.4, 0.5) is 5.69 Å². The van der Waals surface area contributed by atoms with Gasteiger partial charge in [-0.1, -0.05) is 30.3 Å². The summed E-state index contributed by atoms with van der Waals surface area (Å²) in [5, 5.41) is 10.7. The summed E-state index contributed by atoms with van der Waals surface area (Å²) in [5.74, 6) is -0.377. The topological polar surface area (TPSA) is 97.6 Å². The lowest BCUT2D eigenvalue weighted by molar-refractivity contribution is -0.384. The molecule has 2 aromatic carbocycles. The summed E-state index contributed by atoms with van der Waals surface area (Å²) in [6.45, 7) is 0.0996. The first-order chi connectivity index (χ1) is 11.9. The van der Waals surface area contributed by atoms with Crippen molar-refractivity contribution in [2.75, 3.05) is 6.54 Å². The van der Waals surface area contributed by atoms with E-state index in [9.17, 15) is 23.3 Å². The van der Waals surface area contributed by atoms with Gasteiger partial charge in [0.2, 0.25) is 10.0 Å². The first-order valence-corrected chi connectivity index (χ1v) is 9.14. The van der Waals surface area contributed by atoms with Gasteiger partial charge in [0.1, 0.15) is 6.29 Å². The van der Waals surface area contributed by atoms with E-state index in [4.69, 9.17) is 0 Å². The Balaban J connectivity index is 1.98. The lowest BCUT2D eigenvalue weighted by atomic mass is 10.0. The van der Waals surface area contributed by atoms with Gasteiger partial charge in [0.05, 0.1) is 15.9 Å². The number of nitro benzene ring substituents is 1. The van der Waals surface area contributed by atoms with Crippen molar-refractivity contribution in [3.8, 4) is 0 Å². The molecule has 0 amide bonds. The van der Waals surface area contributed by atoms with Crippen molar-refractivity contribution >= 4 is 22.0 Å². The molecule has 1 saturated heterocycles. The zero-order chi connectivity index (χ0) is 18.0. The molecule has 0 radical (unpaired) electrons. The molecule has 2 atom stereocenters. The molecule has 0 saturated carbocycles. The normalized spacial score (nSPS) is 21.1. The fourth-order valence-electron chi connectivity index (χ4n) is 3.05. The van der Waals surface area contributed by atoms with Crippen LogP contribution < -0.4 is 0 Å². The van der Waals surface area contributed by atoms with Gasteiger partial charge < -0.3 is 4.79 Å². The van der Waals surface area contributed by atoms with E-state index < -0.39 is 21.0 Å². The molecule has 0 aliphatic carbocycles. The Morgan fingerprint density at radius 2 is 1.72 bits per heavy atom. The van der Waals surface area contributed by atoms with Crippen molar-refractivity contribution in [3.63, 3.8) is 0 Å². The van der Waals surface area contributed by atoms with Gasteiger partial charge in [-0.05, 0) is 24.1 Å². The average Bonchev–Trinajstić information content (AvgIpc) is 3.08. The van der Waals surface area contributed by atoms with Crippen molar-refractivity contribution in [1.82, 2.24) is 4.31 Å². The Labute approximate surface area is 145 Å². The fraction of sp³-hybridized carbons (Fsp3) is 0.235. The van der Waals surface area contributed by atoms with Gasteiger partial charge in [-0.25, -0.2) is 8.42 Å². The number of non-ortho nitro benzene ring substituents is 1. The minimum absolute atomic E-state index is 0.0226. The molecule has 0 bridgehead atoms. The molecule has 0 unspecified atom stereocenters. The first-order valence-electron chi connectivity index (χ1n) is 7.70. The predicted octanol–water partition coefficient (Wildman–Crippen LogP) is 2.55. The van der Waals surface area contributed by atoms with Crippen LogP contribution in [0.5, 0.6) is 0 Å². The van der Waals surface area contributed by atoms with Gasteiger partial charge in [0.25, 0.3) is 5.69 Å². The van der Waals surface area contributed by atoms with Crippen LogP contribution in [0.15, 0.2) is 59.5 Å². The van der Waals surface area contributed by atoms with Gasteiger partial charge in [-0.3, -0.25) is 10.1 Å². The molecule has 8 heteroatoms. The predicted molar refractivity (Wildman–Crippen MR) is 90.3 cm³/mol. The fourth-order valence-corrected chi connectivity index (χ4v) is 4.74. The number of rotatable bonds is 5. The number of hydrogen-bond acceptors (Lipinski definition) is 5. The quantitative estimate of drug-likeness (QED) is 0.464. The number of hydrogen-bond donors (Lipinski definition) is 0. The lowest BCUT2D eigenvalue weighted by Crippen LogP contribution is -2.31. The maximum atomic E-state index is 13.0. The summed E-state index contributed by atoms with van der Waals surface area (Å²) < 4.78 is 27.3. The monoisotopic (exact) mass is 360 g/mol.